The molecule has 2 rings (SSSR count). The van der Waals surface area contributed by atoms with Gasteiger partial charge in [0.25, 0.3) is 0 Å². The number of nitrogens with zero attached hydrogens (tertiary/aromatic N) is 1. The molecule has 21 heavy (non-hydrogen) atoms. The number of hydrogen-bond acceptors (Lipinski definition) is 5. The first-order valence-corrected chi connectivity index (χ1v) is 6.91. The second-order valence-electron chi connectivity index (χ2n) is 4.99. The van der Waals surface area contributed by atoms with E-state index in [2.05, 4.69) is 4.90 Å². The summed E-state index contributed by atoms with van der Waals surface area (Å²) in [5.41, 5.74) is 1.43. The third-order valence-corrected chi connectivity index (χ3v) is 3.54. The molecule has 1 aromatic carbocycles. The number of benzene rings is 1. The fraction of sp³-hybridized carbons (Fsp3) is 0.467. The van der Waals surface area contributed by atoms with Crippen molar-refractivity contribution in [2.45, 2.75) is 6.42 Å². The molecule has 1 aromatic rings. The summed E-state index contributed by atoms with van der Waals surface area (Å²) in [6.07, 6.45) is -0.361. The molecule has 6 nitrogen and oxygen atoms in total. The van der Waals surface area contributed by atoms with E-state index in [1.54, 1.807) is 12.1 Å². The molecule has 1 aliphatic rings. The second kappa shape index (κ2) is 7.19. The smallest absolute Gasteiger partial charge is 0.304 e. The Morgan fingerprint density at radius 2 is 1.81 bits per heavy atom. The van der Waals surface area contributed by atoms with Gasteiger partial charge in [-0.2, -0.15) is 0 Å². The normalized spacial score (nSPS) is 16.5. The zero-order valence-corrected chi connectivity index (χ0v) is 11.7. The largest absolute Gasteiger partial charge is 0.481 e. The summed E-state index contributed by atoms with van der Waals surface area (Å²) in [7, 11) is 0. The van der Waals surface area contributed by atoms with Gasteiger partial charge in [-0.1, -0.05) is 0 Å². The quantitative estimate of drug-likeness (QED) is 0.754. The number of aliphatic hydroxyl groups is 1. The number of aliphatic hydroxyl groups excluding tert-OH is 1. The molecule has 0 saturated carbocycles. The molecule has 6 heteroatoms. The van der Waals surface area contributed by atoms with E-state index in [0.717, 1.165) is 18.8 Å². The van der Waals surface area contributed by atoms with Crippen LogP contribution in [0.1, 0.15) is 16.8 Å². The van der Waals surface area contributed by atoms with Crippen molar-refractivity contribution in [3.05, 3.63) is 29.8 Å². The van der Waals surface area contributed by atoms with Crippen LogP contribution >= 0.6 is 0 Å². The van der Waals surface area contributed by atoms with Crippen LogP contribution in [0.5, 0.6) is 0 Å². The topological polar surface area (TPSA) is 87.1 Å². The highest BCUT2D eigenvalue weighted by Crippen LogP contribution is 2.19. The minimum absolute atomic E-state index is 0.339. The minimum Gasteiger partial charge on any atom is -0.481 e. The van der Waals surface area contributed by atoms with E-state index in [0.29, 0.717) is 18.8 Å². The molecule has 0 bridgehead atoms. The highest BCUT2D eigenvalue weighted by Gasteiger charge is 2.22. The molecule has 1 unspecified atom stereocenters. The summed E-state index contributed by atoms with van der Waals surface area (Å²) in [4.78, 5) is 25.0. The van der Waals surface area contributed by atoms with Crippen LogP contribution in [0.3, 0.4) is 0 Å². The number of carbonyl (C=O) groups excluding carboxylic acids is 1. The number of ketones is 1. The van der Waals surface area contributed by atoms with Crippen LogP contribution in [0.15, 0.2) is 24.3 Å². The summed E-state index contributed by atoms with van der Waals surface area (Å²) >= 11 is 0. The van der Waals surface area contributed by atoms with Gasteiger partial charge in [0, 0.05) is 24.3 Å². The van der Waals surface area contributed by atoms with E-state index in [4.69, 9.17) is 14.9 Å². The number of Topliss-reactive ketones (excluding diaryl/α,β-unsaturated/α-hetero) is 1. The number of rotatable bonds is 6. The van der Waals surface area contributed by atoms with E-state index >= 15 is 0 Å². The number of carboxylic acid groups (broad SMARTS) is 1. The lowest BCUT2D eigenvalue weighted by Crippen LogP contribution is -2.36. The van der Waals surface area contributed by atoms with Gasteiger partial charge in [0.2, 0.25) is 0 Å². The zero-order chi connectivity index (χ0) is 15.2. The Labute approximate surface area is 122 Å². The van der Waals surface area contributed by atoms with E-state index < -0.39 is 18.5 Å². The molecule has 114 valence electrons. The maximum atomic E-state index is 12.1. The summed E-state index contributed by atoms with van der Waals surface area (Å²) in [6.45, 7) is 2.53. The van der Waals surface area contributed by atoms with Crippen LogP contribution in [-0.4, -0.2) is 54.9 Å². The number of ether oxygens (including phenoxy) is 1. The maximum Gasteiger partial charge on any atom is 0.304 e. The van der Waals surface area contributed by atoms with Gasteiger partial charge in [-0.15, -0.1) is 0 Å². The summed E-state index contributed by atoms with van der Waals surface area (Å²) in [5, 5.41) is 17.9. The predicted molar refractivity (Wildman–Crippen MR) is 76.6 cm³/mol. The van der Waals surface area contributed by atoms with Crippen LogP contribution in [0.25, 0.3) is 0 Å². The van der Waals surface area contributed by atoms with Crippen molar-refractivity contribution < 1.29 is 24.5 Å². The van der Waals surface area contributed by atoms with E-state index in [1.807, 2.05) is 12.1 Å². The molecular formula is C15H19NO5. The van der Waals surface area contributed by atoms with Crippen LogP contribution in [0.4, 0.5) is 5.69 Å². The first-order chi connectivity index (χ1) is 10.1. The SMILES string of the molecule is O=C(O)CC(CO)C(=O)c1ccc(N2CCOCC2)cc1. The fourth-order valence-corrected chi connectivity index (χ4v) is 2.34. The Morgan fingerprint density at radius 3 is 2.33 bits per heavy atom. The number of aliphatic carboxylic acids is 1. The van der Waals surface area contributed by atoms with Crippen molar-refractivity contribution in [2.75, 3.05) is 37.8 Å². The number of hydrogen-bond donors (Lipinski definition) is 2. The molecule has 0 aromatic heterocycles. The van der Waals surface area contributed by atoms with Crippen LogP contribution in [-0.2, 0) is 9.53 Å². The van der Waals surface area contributed by atoms with Gasteiger partial charge >= 0.3 is 5.97 Å². The Morgan fingerprint density at radius 1 is 1.19 bits per heavy atom. The van der Waals surface area contributed by atoms with Gasteiger partial charge in [0.1, 0.15) is 0 Å². The fourth-order valence-electron chi connectivity index (χ4n) is 2.34. The molecule has 1 aliphatic heterocycles. The van der Waals surface area contributed by atoms with Crippen LogP contribution in [0.2, 0.25) is 0 Å². The van der Waals surface area contributed by atoms with Crippen LogP contribution in [0, 0.1) is 5.92 Å². The zero-order valence-electron chi connectivity index (χ0n) is 11.7. The number of carboxylic acids is 1. The van der Waals surface area contributed by atoms with Crippen molar-refractivity contribution in [1.29, 1.82) is 0 Å². The van der Waals surface area contributed by atoms with Crippen molar-refractivity contribution in [3.63, 3.8) is 0 Å². The highest BCUT2D eigenvalue weighted by atomic mass is 16.5. The molecular weight excluding hydrogens is 274 g/mol. The van der Waals surface area contributed by atoms with Gasteiger partial charge in [-0.05, 0) is 24.3 Å². The molecule has 1 heterocycles. The van der Waals surface area contributed by atoms with Gasteiger partial charge in [0.15, 0.2) is 5.78 Å². The van der Waals surface area contributed by atoms with Crippen molar-refractivity contribution in [3.8, 4) is 0 Å². The van der Waals surface area contributed by atoms with Crippen molar-refractivity contribution >= 4 is 17.4 Å². The lowest BCUT2D eigenvalue weighted by molar-refractivity contribution is -0.138. The number of carbonyl (C=O) groups is 2. The molecule has 1 fully saturated rings. The lowest BCUT2D eigenvalue weighted by Gasteiger charge is -2.28. The van der Waals surface area contributed by atoms with Crippen molar-refractivity contribution in [1.82, 2.24) is 0 Å². The maximum absolute atomic E-state index is 12.1. The second-order valence-corrected chi connectivity index (χ2v) is 4.99. The molecule has 1 saturated heterocycles. The van der Waals surface area contributed by atoms with E-state index in [1.165, 1.54) is 0 Å². The average molecular weight is 293 g/mol. The molecule has 0 radical (unpaired) electrons. The van der Waals surface area contributed by atoms with Gasteiger partial charge < -0.3 is 19.8 Å². The van der Waals surface area contributed by atoms with Crippen LogP contribution < -0.4 is 4.90 Å². The summed E-state index contributed by atoms with van der Waals surface area (Å²) in [5.74, 6) is -2.32. The van der Waals surface area contributed by atoms with Crippen molar-refractivity contribution in [2.24, 2.45) is 5.92 Å². The molecule has 1 atom stereocenters. The number of morpholine rings is 1. The Hall–Kier alpha value is -1.92. The monoisotopic (exact) mass is 293 g/mol. The van der Waals surface area contributed by atoms with E-state index in [9.17, 15) is 9.59 Å². The van der Waals surface area contributed by atoms with Gasteiger partial charge in [-0.25, -0.2) is 0 Å². The molecule has 0 aliphatic carbocycles. The minimum atomic E-state index is -1.09. The molecule has 0 spiro atoms. The first-order valence-electron chi connectivity index (χ1n) is 6.91. The Balaban J connectivity index is 2.06. The lowest BCUT2D eigenvalue weighted by atomic mass is 9.95. The van der Waals surface area contributed by atoms with Gasteiger partial charge in [-0.3, -0.25) is 9.59 Å². The third-order valence-electron chi connectivity index (χ3n) is 3.54. The summed E-state index contributed by atoms with van der Waals surface area (Å²) in [6, 6.07) is 7.04. The van der Waals surface area contributed by atoms with E-state index in [-0.39, 0.29) is 12.2 Å². The summed E-state index contributed by atoms with van der Waals surface area (Å²) < 4.78 is 5.29. The third kappa shape index (κ3) is 4.03. The average Bonchev–Trinajstić information content (AvgIpc) is 2.53. The molecule has 0 amide bonds. The Bertz CT molecular complexity index is 493. The molecule has 2 N–H and O–H groups in total. The highest BCUT2D eigenvalue weighted by molar-refractivity contribution is 5.99. The first kappa shape index (κ1) is 15.5. The Kier molecular flexibility index (Phi) is 5.30. The number of anilines is 1. The van der Waals surface area contributed by atoms with Gasteiger partial charge in [0.05, 0.1) is 32.2 Å². The predicted octanol–water partition coefficient (Wildman–Crippen LogP) is 0.789. The standard InChI is InChI=1S/C15H19NO5/c17-10-12(9-14(18)19)15(20)11-1-3-13(4-2-11)16-5-7-21-8-6-16/h1-4,12,17H,5-10H2,(H,18,19).